The fourth-order valence-electron chi connectivity index (χ4n) is 4.53. The number of carboxylic acid groups (broad SMARTS) is 1. The number of nitrogens with zero attached hydrogens (tertiary/aromatic N) is 1. The number of ether oxygens (including phenoxy) is 2. The standard InChI is InChI=1S/C28H21Cl2NO5/c29-21-2-1-3-22(30)25(21)26-20(27(36-31-26)16-5-6-16)14-34-19-10-8-15-4-7-17-12-18(28(32)33)9-11-23(17)35-24(15)13-19/h1-3,8-13,16H,4-7,14H2,(H,32,33). The smallest absolute Gasteiger partial charge is 0.335 e. The van der Waals surface area contributed by atoms with Gasteiger partial charge in [0.15, 0.2) is 0 Å². The number of hydrogen-bond donors (Lipinski definition) is 1. The van der Waals surface area contributed by atoms with E-state index < -0.39 is 5.97 Å². The summed E-state index contributed by atoms with van der Waals surface area (Å²) in [5, 5.41) is 14.6. The van der Waals surface area contributed by atoms with Gasteiger partial charge in [0.1, 0.15) is 35.3 Å². The van der Waals surface area contributed by atoms with E-state index >= 15 is 0 Å². The zero-order valence-electron chi connectivity index (χ0n) is 19.1. The number of aryl methyl sites for hydroxylation is 2. The predicted molar refractivity (Wildman–Crippen MR) is 136 cm³/mol. The van der Waals surface area contributed by atoms with Crippen molar-refractivity contribution in [3.8, 4) is 28.5 Å². The highest BCUT2D eigenvalue weighted by atomic mass is 35.5. The lowest BCUT2D eigenvalue weighted by Crippen LogP contribution is -2.00. The Labute approximate surface area is 217 Å². The van der Waals surface area contributed by atoms with Crippen LogP contribution in [0.25, 0.3) is 11.3 Å². The molecule has 6 rings (SSSR count). The van der Waals surface area contributed by atoms with Crippen LogP contribution in [0.5, 0.6) is 17.2 Å². The maximum absolute atomic E-state index is 11.3. The second-order valence-corrected chi connectivity index (χ2v) is 9.85. The molecule has 0 unspecified atom stereocenters. The van der Waals surface area contributed by atoms with Crippen molar-refractivity contribution in [2.45, 2.75) is 38.2 Å². The Bertz CT molecular complexity index is 1470. The van der Waals surface area contributed by atoms with Gasteiger partial charge in [0.05, 0.1) is 21.2 Å². The molecule has 2 heterocycles. The summed E-state index contributed by atoms with van der Waals surface area (Å²) in [5.74, 6) is 2.17. The highest BCUT2D eigenvalue weighted by Crippen LogP contribution is 2.46. The maximum Gasteiger partial charge on any atom is 0.335 e. The fourth-order valence-corrected chi connectivity index (χ4v) is 5.10. The van der Waals surface area contributed by atoms with E-state index in [2.05, 4.69) is 5.16 Å². The number of carboxylic acids is 1. The molecule has 0 atom stereocenters. The lowest BCUT2D eigenvalue weighted by molar-refractivity contribution is 0.0696. The number of hydrogen-bond acceptors (Lipinski definition) is 5. The Balaban J connectivity index is 1.28. The van der Waals surface area contributed by atoms with Crippen molar-refractivity contribution >= 4 is 29.2 Å². The SMILES string of the molecule is O=C(O)c1ccc2c(c1)CCc1ccc(OCc3c(-c4c(Cl)cccc4Cl)noc3C3CC3)cc1O2. The molecule has 2 aliphatic rings. The first-order chi connectivity index (χ1) is 17.5. The van der Waals surface area contributed by atoms with Crippen LogP contribution in [-0.2, 0) is 19.4 Å². The molecule has 182 valence electrons. The molecular weight excluding hydrogens is 501 g/mol. The van der Waals surface area contributed by atoms with Gasteiger partial charge in [-0.05, 0) is 73.2 Å². The average Bonchev–Trinajstić information content (AvgIpc) is 3.65. The van der Waals surface area contributed by atoms with Gasteiger partial charge < -0.3 is 19.1 Å². The van der Waals surface area contributed by atoms with Crippen LogP contribution >= 0.6 is 23.2 Å². The van der Waals surface area contributed by atoms with Crippen LogP contribution in [0, 0.1) is 0 Å². The molecule has 3 aromatic carbocycles. The molecule has 0 bridgehead atoms. The van der Waals surface area contributed by atoms with Gasteiger partial charge in [-0.2, -0.15) is 0 Å². The van der Waals surface area contributed by atoms with E-state index in [9.17, 15) is 9.90 Å². The third-order valence-electron chi connectivity index (χ3n) is 6.58. The molecule has 1 aromatic heterocycles. The number of rotatable bonds is 6. The number of fused-ring (bicyclic) bond motifs is 2. The van der Waals surface area contributed by atoms with Gasteiger partial charge in [-0.1, -0.05) is 40.5 Å². The van der Waals surface area contributed by atoms with Gasteiger partial charge in [0, 0.05) is 17.5 Å². The lowest BCUT2D eigenvalue weighted by atomic mass is 10.0. The summed E-state index contributed by atoms with van der Waals surface area (Å²) in [6, 6.07) is 16.0. The van der Waals surface area contributed by atoms with Gasteiger partial charge in [-0.3, -0.25) is 0 Å². The van der Waals surface area contributed by atoms with Crippen LogP contribution in [0.3, 0.4) is 0 Å². The van der Waals surface area contributed by atoms with Gasteiger partial charge in [-0.15, -0.1) is 0 Å². The van der Waals surface area contributed by atoms with Crippen molar-refractivity contribution in [1.82, 2.24) is 5.16 Å². The van der Waals surface area contributed by atoms with Crippen LogP contribution in [0.15, 0.2) is 59.1 Å². The van der Waals surface area contributed by atoms with E-state index in [0.717, 1.165) is 41.7 Å². The van der Waals surface area contributed by atoms with Crippen molar-refractivity contribution in [3.63, 3.8) is 0 Å². The topological polar surface area (TPSA) is 81.8 Å². The Morgan fingerprint density at radius 1 is 1.00 bits per heavy atom. The number of benzene rings is 3. The lowest BCUT2D eigenvalue weighted by Gasteiger charge is -2.13. The van der Waals surface area contributed by atoms with Crippen LogP contribution in [-0.4, -0.2) is 16.2 Å². The molecule has 0 spiro atoms. The minimum atomic E-state index is -0.952. The molecular formula is C28H21Cl2NO5. The highest BCUT2D eigenvalue weighted by molar-refractivity contribution is 6.39. The minimum Gasteiger partial charge on any atom is -0.489 e. The first kappa shape index (κ1) is 23.0. The molecule has 1 fully saturated rings. The van der Waals surface area contributed by atoms with Gasteiger partial charge in [0.2, 0.25) is 0 Å². The number of carbonyl (C=O) groups is 1. The molecule has 0 radical (unpaired) electrons. The molecule has 1 saturated carbocycles. The minimum absolute atomic E-state index is 0.240. The highest BCUT2D eigenvalue weighted by Gasteiger charge is 2.33. The summed E-state index contributed by atoms with van der Waals surface area (Å²) in [6.45, 7) is 0.240. The molecule has 4 aromatic rings. The summed E-state index contributed by atoms with van der Waals surface area (Å²) in [4.78, 5) is 11.3. The number of aromatic carboxylic acids is 1. The van der Waals surface area contributed by atoms with Crippen molar-refractivity contribution in [1.29, 1.82) is 0 Å². The van der Waals surface area contributed by atoms with E-state index in [-0.39, 0.29) is 12.2 Å². The van der Waals surface area contributed by atoms with Gasteiger partial charge in [-0.25, -0.2) is 4.79 Å². The average molecular weight is 522 g/mol. The van der Waals surface area contributed by atoms with Crippen LogP contribution in [0.4, 0.5) is 0 Å². The second-order valence-electron chi connectivity index (χ2n) is 9.03. The largest absolute Gasteiger partial charge is 0.489 e. The quantitative estimate of drug-likeness (QED) is 0.280. The molecule has 0 saturated heterocycles. The number of aromatic nitrogens is 1. The normalized spacial score (nSPS) is 14.4. The third kappa shape index (κ3) is 4.31. The zero-order valence-corrected chi connectivity index (χ0v) is 20.6. The van der Waals surface area contributed by atoms with E-state index in [1.165, 1.54) is 0 Å². The van der Waals surface area contributed by atoms with Crippen molar-refractivity contribution in [3.05, 3.63) is 92.7 Å². The van der Waals surface area contributed by atoms with Gasteiger partial charge in [0.25, 0.3) is 0 Å². The van der Waals surface area contributed by atoms with Crippen LogP contribution < -0.4 is 9.47 Å². The Kier molecular flexibility index (Phi) is 5.86. The number of halogens is 2. The van der Waals surface area contributed by atoms with Crippen LogP contribution in [0.1, 0.15) is 51.6 Å². The third-order valence-corrected chi connectivity index (χ3v) is 7.21. The molecule has 1 aliphatic heterocycles. The first-order valence-electron chi connectivity index (χ1n) is 11.7. The van der Waals surface area contributed by atoms with E-state index in [1.54, 1.807) is 36.4 Å². The second kappa shape index (κ2) is 9.19. The molecule has 8 heteroatoms. The Morgan fingerprint density at radius 3 is 2.53 bits per heavy atom. The predicted octanol–water partition coefficient (Wildman–Crippen LogP) is 7.69. The summed E-state index contributed by atoms with van der Waals surface area (Å²) < 4.78 is 18.1. The molecule has 0 amide bonds. The zero-order chi connectivity index (χ0) is 24.8. The van der Waals surface area contributed by atoms with Crippen LogP contribution in [0.2, 0.25) is 10.0 Å². The van der Waals surface area contributed by atoms with Crippen molar-refractivity contribution in [2.75, 3.05) is 0 Å². The monoisotopic (exact) mass is 521 g/mol. The summed E-state index contributed by atoms with van der Waals surface area (Å²) in [7, 11) is 0. The summed E-state index contributed by atoms with van der Waals surface area (Å²) in [5.41, 5.74) is 4.23. The Morgan fingerprint density at radius 2 is 1.78 bits per heavy atom. The first-order valence-corrected chi connectivity index (χ1v) is 12.5. The van der Waals surface area contributed by atoms with E-state index in [0.29, 0.717) is 50.9 Å². The Hall–Kier alpha value is -3.48. The molecule has 1 aliphatic carbocycles. The summed E-state index contributed by atoms with van der Waals surface area (Å²) >= 11 is 12.9. The van der Waals surface area contributed by atoms with E-state index in [4.69, 9.17) is 37.2 Å². The fraction of sp³-hybridized carbons (Fsp3) is 0.214. The maximum atomic E-state index is 11.3. The van der Waals surface area contributed by atoms with E-state index in [1.807, 2.05) is 18.2 Å². The van der Waals surface area contributed by atoms with Gasteiger partial charge >= 0.3 is 5.97 Å². The molecule has 6 nitrogen and oxygen atoms in total. The van der Waals surface area contributed by atoms with Crippen molar-refractivity contribution in [2.24, 2.45) is 0 Å². The molecule has 1 N–H and O–H groups in total. The van der Waals surface area contributed by atoms with Crippen molar-refractivity contribution < 1.29 is 23.9 Å². The molecule has 36 heavy (non-hydrogen) atoms. The summed E-state index contributed by atoms with van der Waals surface area (Å²) in [6.07, 6.45) is 3.52.